The van der Waals surface area contributed by atoms with Crippen LogP contribution in [0.1, 0.15) is 0 Å². The molecule has 0 bridgehead atoms. The summed E-state index contributed by atoms with van der Waals surface area (Å²) in [4.78, 5) is 22.6. The number of nitrogens with one attached hydrogen (secondary N) is 1. The van der Waals surface area contributed by atoms with E-state index in [2.05, 4.69) is 25.1 Å². The second-order valence-corrected chi connectivity index (χ2v) is 3.91. The SMILES string of the molecule is O=[N+]([O-])c1cccc(-c2n[nH]c(-c3cnccn3)n2)c1. The number of non-ortho nitro benzene ring substituents is 1. The number of nitro groups is 1. The number of H-pyrrole nitrogens is 1. The maximum Gasteiger partial charge on any atom is 0.270 e. The van der Waals surface area contributed by atoms with Crippen molar-refractivity contribution in [2.24, 2.45) is 0 Å². The highest BCUT2D eigenvalue weighted by atomic mass is 16.6. The maximum atomic E-state index is 10.7. The van der Waals surface area contributed by atoms with E-state index in [1.807, 2.05) is 0 Å². The van der Waals surface area contributed by atoms with Crippen molar-refractivity contribution in [3.63, 3.8) is 0 Å². The van der Waals surface area contributed by atoms with E-state index in [1.165, 1.54) is 12.1 Å². The van der Waals surface area contributed by atoms with Crippen molar-refractivity contribution in [2.75, 3.05) is 0 Å². The van der Waals surface area contributed by atoms with Gasteiger partial charge >= 0.3 is 0 Å². The Morgan fingerprint density at radius 2 is 2.15 bits per heavy atom. The van der Waals surface area contributed by atoms with E-state index >= 15 is 0 Å². The van der Waals surface area contributed by atoms with Crippen molar-refractivity contribution in [2.45, 2.75) is 0 Å². The average molecular weight is 268 g/mol. The van der Waals surface area contributed by atoms with Gasteiger partial charge in [-0.15, -0.1) is 0 Å². The van der Waals surface area contributed by atoms with E-state index in [0.717, 1.165) is 0 Å². The van der Waals surface area contributed by atoms with Crippen LogP contribution in [0.25, 0.3) is 22.9 Å². The van der Waals surface area contributed by atoms with Gasteiger partial charge in [-0.05, 0) is 0 Å². The summed E-state index contributed by atoms with van der Waals surface area (Å²) >= 11 is 0. The van der Waals surface area contributed by atoms with Crippen molar-refractivity contribution in [3.05, 3.63) is 53.0 Å². The smallest absolute Gasteiger partial charge is 0.261 e. The lowest BCUT2D eigenvalue weighted by Gasteiger charge is -1.95. The van der Waals surface area contributed by atoms with Gasteiger partial charge in [-0.1, -0.05) is 12.1 Å². The maximum absolute atomic E-state index is 10.7. The summed E-state index contributed by atoms with van der Waals surface area (Å²) in [5.74, 6) is 0.828. The first kappa shape index (κ1) is 11.9. The van der Waals surface area contributed by atoms with Crippen LogP contribution in [0.5, 0.6) is 0 Å². The monoisotopic (exact) mass is 268 g/mol. The Labute approximate surface area is 112 Å². The molecule has 2 aromatic heterocycles. The minimum absolute atomic E-state index is 0.00615. The quantitative estimate of drug-likeness (QED) is 0.573. The molecule has 0 fully saturated rings. The van der Waals surface area contributed by atoms with Crippen molar-refractivity contribution >= 4 is 5.69 Å². The highest BCUT2D eigenvalue weighted by molar-refractivity contribution is 5.61. The molecule has 0 saturated heterocycles. The van der Waals surface area contributed by atoms with Gasteiger partial charge in [0.05, 0.1) is 11.1 Å². The van der Waals surface area contributed by atoms with Gasteiger partial charge in [0, 0.05) is 30.1 Å². The fraction of sp³-hybridized carbons (Fsp3) is 0. The lowest BCUT2D eigenvalue weighted by Crippen LogP contribution is -1.89. The molecular weight excluding hydrogens is 260 g/mol. The van der Waals surface area contributed by atoms with Crippen molar-refractivity contribution in [3.8, 4) is 22.9 Å². The Hall–Kier alpha value is -3.16. The minimum atomic E-state index is -0.459. The Morgan fingerprint density at radius 3 is 2.90 bits per heavy atom. The fourth-order valence-electron chi connectivity index (χ4n) is 1.69. The summed E-state index contributed by atoms with van der Waals surface area (Å²) in [6.07, 6.45) is 4.66. The molecule has 1 N–H and O–H groups in total. The van der Waals surface area contributed by atoms with Gasteiger partial charge in [0.15, 0.2) is 11.6 Å². The van der Waals surface area contributed by atoms with Gasteiger partial charge in [-0.2, -0.15) is 5.10 Å². The molecule has 3 rings (SSSR count). The number of rotatable bonds is 3. The Bertz CT molecular complexity index is 755. The van der Waals surface area contributed by atoms with Crippen LogP contribution in [-0.2, 0) is 0 Å². The van der Waals surface area contributed by atoms with Gasteiger partial charge < -0.3 is 0 Å². The zero-order valence-corrected chi connectivity index (χ0v) is 10.1. The van der Waals surface area contributed by atoms with Crippen LogP contribution in [0.2, 0.25) is 0 Å². The first-order valence-electron chi connectivity index (χ1n) is 5.67. The lowest BCUT2D eigenvalue weighted by molar-refractivity contribution is -0.384. The summed E-state index contributed by atoms with van der Waals surface area (Å²) in [6.45, 7) is 0. The summed E-state index contributed by atoms with van der Waals surface area (Å²) in [7, 11) is 0. The lowest BCUT2D eigenvalue weighted by atomic mass is 10.2. The molecule has 8 heteroatoms. The molecule has 0 amide bonds. The number of benzene rings is 1. The predicted octanol–water partition coefficient (Wildman–Crippen LogP) is 1.84. The third-order valence-corrected chi connectivity index (χ3v) is 2.61. The van der Waals surface area contributed by atoms with Crippen LogP contribution < -0.4 is 0 Å². The fourth-order valence-corrected chi connectivity index (χ4v) is 1.69. The largest absolute Gasteiger partial charge is 0.270 e. The third-order valence-electron chi connectivity index (χ3n) is 2.61. The number of hydrogen-bond acceptors (Lipinski definition) is 6. The molecule has 1 aromatic carbocycles. The van der Waals surface area contributed by atoms with Gasteiger partial charge in [-0.3, -0.25) is 20.2 Å². The van der Waals surface area contributed by atoms with E-state index < -0.39 is 4.92 Å². The van der Waals surface area contributed by atoms with Crippen molar-refractivity contribution in [1.29, 1.82) is 0 Å². The van der Waals surface area contributed by atoms with E-state index in [1.54, 1.807) is 30.7 Å². The second kappa shape index (κ2) is 4.84. The van der Waals surface area contributed by atoms with Gasteiger partial charge in [-0.25, -0.2) is 9.97 Å². The van der Waals surface area contributed by atoms with E-state index in [0.29, 0.717) is 22.9 Å². The predicted molar refractivity (Wildman–Crippen MR) is 69.5 cm³/mol. The molecule has 0 aliphatic heterocycles. The molecular formula is C12H8N6O2. The number of nitro benzene ring substituents is 1. The minimum Gasteiger partial charge on any atom is -0.261 e. The number of hydrogen-bond donors (Lipinski definition) is 1. The molecule has 20 heavy (non-hydrogen) atoms. The molecule has 8 nitrogen and oxygen atoms in total. The van der Waals surface area contributed by atoms with Crippen molar-refractivity contribution in [1.82, 2.24) is 25.1 Å². The first-order chi connectivity index (χ1) is 9.74. The third kappa shape index (κ3) is 2.21. The van der Waals surface area contributed by atoms with E-state index in [-0.39, 0.29) is 5.69 Å². The Morgan fingerprint density at radius 1 is 1.25 bits per heavy atom. The molecule has 98 valence electrons. The summed E-state index contributed by atoms with van der Waals surface area (Å²) in [5.41, 5.74) is 1.11. The van der Waals surface area contributed by atoms with Gasteiger partial charge in [0.25, 0.3) is 5.69 Å². The normalized spacial score (nSPS) is 10.4. The Balaban J connectivity index is 1.98. The molecule has 0 unspecified atom stereocenters. The number of nitrogens with zero attached hydrogens (tertiary/aromatic N) is 5. The summed E-state index contributed by atoms with van der Waals surface area (Å²) < 4.78 is 0. The molecule has 0 aliphatic rings. The molecule has 0 radical (unpaired) electrons. The van der Waals surface area contributed by atoms with Crippen LogP contribution in [-0.4, -0.2) is 30.1 Å². The molecule has 3 aromatic rings. The average Bonchev–Trinajstić information content (AvgIpc) is 2.98. The number of aromatic nitrogens is 5. The summed E-state index contributed by atoms with van der Waals surface area (Å²) in [5, 5.41) is 17.5. The molecule has 0 spiro atoms. The van der Waals surface area contributed by atoms with Gasteiger partial charge in [0.1, 0.15) is 5.69 Å². The molecule has 0 saturated carbocycles. The Kier molecular flexibility index (Phi) is 2.88. The van der Waals surface area contributed by atoms with Crippen LogP contribution in [0.4, 0.5) is 5.69 Å². The van der Waals surface area contributed by atoms with Gasteiger partial charge in [0.2, 0.25) is 0 Å². The van der Waals surface area contributed by atoms with Crippen molar-refractivity contribution < 1.29 is 4.92 Å². The molecule has 0 atom stereocenters. The first-order valence-corrected chi connectivity index (χ1v) is 5.67. The zero-order valence-electron chi connectivity index (χ0n) is 10.1. The highest BCUT2D eigenvalue weighted by Gasteiger charge is 2.12. The standard InChI is InChI=1S/C12H8N6O2/c19-18(20)9-3-1-2-8(6-9)11-15-12(17-16-11)10-7-13-4-5-14-10/h1-7H,(H,15,16,17). The van der Waals surface area contributed by atoms with Crippen LogP contribution in [0.15, 0.2) is 42.9 Å². The van der Waals surface area contributed by atoms with E-state index in [4.69, 9.17) is 0 Å². The number of aromatic amines is 1. The van der Waals surface area contributed by atoms with Crippen LogP contribution >= 0.6 is 0 Å². The molecule has 2 heterocycles. The molecule has 0 aliphatic carbocycles. The van der Waals surface area contributed by atoms with Crippen LogP contribution in [0.3, 0.4) is 0 Å². The second-order valence-electron chi connectivity index (χ2n) is 3.91. The zero-order chi connectivity index (χ0) is 13.9. The highest BCUT2D eigenvalue weighted by Crippen LogP contribution is 2.22. The van der Waals surface area contributed by atoms with Crippen LogP contribution in [0, 0.1) is 10.1 Å². The van der Waals surface area contributed by atoms with E-state index in [9.17, 15) is 10.1 Å². The summed E-state index contributed by atoms with van der Waals surface area (Å²) in [6, 6.07) is 6.13. The topological polar surface area (TPSA) is 110 Å².